The first kappa shape index (κ1) is 13.8. The van der Waals surface area contributed by atoms with Crippen molar-refractivity contribution >= 4 is 17.2 Å². The SMILES string of the molecule is COC[C@H](C)NC(=O)c1cc(-c2ccc(C)s2)[nH]n1. The Kier molecular flexibility index (Phi) is 4.34. The first-order chi connectivity index (χ1) is 9.10. The van der Waals surface area contributed by atoms with Crippen LogP contribution in [0.1, 0.15) is 22.3 Å². The summed E-state index contributed by atoms with van der Waals surface area (Å²) in [7, 11) is 1.61. The molecule has 1 amide bonds. The molecular formula is C13H17N3O2S. The molecule has 0 aliphatic carbocycles. The minimum atomic E-state index is -0.194. The minimum absolute atomic E-state index is 0.0402. The normalized spacial score (nSPS) is 12.4. The van der Waals surface area contributed by atoms with Crippen molar-refractivity contribution in [1.29, 1.82) is 0 Å². The first-order valence-electron chi connectivity index (χ1n) is 6.02. The van der Waals surface area contributed by atoms with Crippen LogP contribution in [0.15, 0.2) is 18.2 Å². The molecule has 0 saturated heterocycles. The predicted octanol–water partition coefficient (Wildman–Crippen LogP) is 2.21. The summed E-state index contributed by atoms with van der Waals surface area (Å²) >= 11 is 1.66. The quantitative estimate of drug-likeness (QED) is 0.882. The summed E-state index contributed by atoms with van der Waals surface area (Å²) in [6.07, 6.45) is 0. The van der Waals surface area contributed by atoms with Gasteiger partial charge in [0.15, 0.2) is 5.69 Å². The fraction of sp³-hybridized carbons (Fsp3) is 0.385. The fourth-order valence-electron chi connectivity index (χ4n) is 1.73. The Labute approximate surface area is 116 Å². The highest BCUT2D eigenvalue weighted by atomic mass is 32.1. The van der Waals surface area contributed by atoms with Gasteiger partial charge in [-0.3, -0.25) is 9.89 Å². The highest BCUT2D eigenvalue weighted by Gasteiger charge is 2.14. The molecule has 0 spiro atoms. The lowest BCUT2D eigenvalue weighted by atomic mass is 10.3. The van der Waals surface area contributed by atoms with E-state index in [2.05, 4.69) is 15.5 Å². The molecule has 2 heterocycles. The van der Waals surface area contributed by atoms with Gasteiger partial charge >= 0.3 is 0 Å². The summed E-state index contributed by atoms with van der Waals surface area (Å²) in [5.74, 6) is -0.194. The van der Waals surface area contributed by atoms with Gasteiger partial charge in [-0.1, -0.05) is 0 Å². The van der Waals surface area contributed by atoms with Crippen LogP contribution in [0.25, 0.3) is 10.6 Å². The largest absolute Gasteiger partial charge is 0.383 e. The maximum absolute atomic E-state index is 11.9. The number of aryl methyl sites for hydroxylation is 1. The van der Waals surface area contributed by atoms with Gasteiger partial charge in [-0.2, -0.15) is 5.10 Å². The van der Waals surface area contributed by atoms with Gasteiger partial charge in [-0.15, -0.1) is 11.3 Å². The average Bonchev–Trinajstić information content (AvgIpc) is 2.97. The second-order valence-electron chi connectivity index (χ2n) is 4.41. The highest BCUT2D eigenvalue weighted by Crippen LogP contribution is 2.26. The predicted molar refractivity (Wildman–Crippen MR) is 75.4 cm³/mol. The number of carbonyl (C=O) groups excluding carboxylic acids is 1. The van der Waals surface area contributed by atoms with Crippen LogP contribution in [0.5, 0.6) is 0 Å². The van der Waals surface area contributed by atoms with Crippen molar-refractivity contribution in [3.05, 3.63) is 28.8 Å². The van der Waals surface area contributed by atoms with Crippen LogP contribution >= 0.6 is 11.3 Å². The number of thiophene rings is 1. The number of hydrogen-bond acceptors (Lipinski definition) is 4. The molecule has 0 aliphatic rings. The molecule has 5 nitrogen and oxygen atoms in total. The Bertz CT molecular complexity index is 562. The number of hydrogen-bond donors (Lipinski definition) is 2. The minimum Gasteiger partial charge on any atom is -0.383 e. The molecular weight excluding hydrogens is 262 g/mol. The molecule has 0 saturated carbocycles. The molecule has 0 bridgehead atoms. The zero-order valence-electron chi connectivity index (χ0n) is 11.2. The average molecular weight is 279 g/mol. The first-order valence-corrected chi connectivity index (χ1v) is 6.84. The molecule has 6 heteroatoms. The van der Waals surface area contributed by atoms with Crippen LogP contribution in [0.2, 0.25) is 0 Å². The molecule has 0 aromatic carbocycles. The number of nitrogens with zero attached hydrogens (tertiary/aromatic N) is 1. The van der Waals surface area contributed by atoms with Crippen molar-refractivity contribution in [3.8, 4) is 10.6 Å². The zero-order chi connectivity index (χ0) is 13.8. The van der Waals surface area contributed by atoms with E-state index in [4.69, 9.17) is 4.74 Å². The standard InChI is InChI=1S/C13H17N3O2S/c1-8(7-18-3)14-13(17)11-6-10(15-16-11)12-5-4-9(2)19-12/h4-6,8H,7H2,1-3H3,(H,14,17)(H,15,16)/t8-/m0/s1. The lowest BCUT2D eigenvalue weighted by Crippen LogP contribution is -2.35. The van der Waals surface area contributed by atoms with Crippen molar-refractivity contribution in [3.63, 3.8) is 0 Å². The lowest BCUT2D eigenvalue weighted by molar-refractivity contribution is 0.0900. The summed E-state index contributed by atoms with van der Waals surface area (Å²) in [6.45, 7) is 4.41. The van der Waals surface area contributed by atoms with Crippen LogP contribution in [-0.4, -0.2) is 35.9 Å². The summed E-state index contributed by atoms with van der Waals surface area (Å²) in [4.78, 5) is 14.2. The number of H-pyrrole nitrogens is 1. The summed E-state index contributed by atoms with van der Waals surface area (Å²) in [5.41, 5.74) is 1.26. The second-order valence-corrected chi connectivity index (χ2v) is 5.69. The van der Waals surface area contributed by atoms with E-state index < -0.39 is 0 Å². The van der Waals surface area contributed by atoms with Gasteiger partial charge in [-0.05, 0) is 32.0 Å². The number of rotatable bonds is 5. The molecule has 0 aliphatic heterocycles. The number of carbonyl (C=O) groups is 1. The number of aromatic amines is 1. The molecule has 19 heavy (non-hydrogen) atoms. The Morgan fingerprint density at radius 1 is 1.58 bits per heavy atom. The lowest BCUT2D eigenvalue weighted by Gasteiger charge is -2.10. The van der Waals surface area contributed by atoms with Crippen molar-refractivity contribution < 1.29 is 9.53 Å². The number of amides is 1. The van der Waals surface area contributed by atoms with Gasteiger partial charge < -0.3 is 10.1 Å². The fourth-order valence-corrected chi connectivity index (χ4v) is 2.57. The van der Waals surface area contributed by atoms with E-state index >= 15 is 0 Å². The van der Waals surface area contributed by atoms with Crippen LogP contribution < -0.4 is 5.32 Å². The van der Waals surface area contributed by atoms with Gasteiger partial charge in [0.2, 0.25) is 0 Å². The van der Waals surface area contributed by atoms with Crippen LogP contribution in [0, 0.1) is 6.92 Å². The van der Waals surface area contributed by atoms with E-state index in [9.17, 15) is 4.79 Å². The van der Waals surface area contributed by atoms with E-state index in [1.54, 1.807) is 24.5 Å². The molecule has 2 N–H and O–H groups in total. The molecule has 2 aromatic rings. The van der Waals surface area contributed by atoms with Crippen molar-refractivity contribution in [1.82, 2.24) is 15.5 Å². The molecule has 2 aromatic heterocycles. The molecule has 2 rings (SSSR count). The number of aromatic nitrogens is 2. The third kappa shape index (κ3) is 3.42. The van der Waals surface area contributed by atoms with Gasteiger partial charge in [0, 0.05) is 18.0 Å². The Hall–Kier alpha value is -1.66. The van der Waals surface area contributed by atoms with Gasteiger partial charge in [0.05, 0.1) is 17.2 Å². The number of nitrogens with one attached hydrogen (secondary N) is 2. The summed E-state index contributed by atoms with van der Waals surface area (Å²) in [5, 5.41) is 9.76. The monoisotopic (exact) mass is 279 g/mol. The van der Waals surface area contributed by atoms with Crippen molar-refractivity contribution in [2.45, 2.75) is 19.9 Å². The van der Waals surface area contributed by atoms with Gasteiger partial charge in [0.25, 0.3) is 5.91 Å². The Morgan fingerprint density at radius 2 is 2.37 bits per heavy atom. The van der Waals surface area contributed by atoms with Gasteiger partial charge in [0.1, 0.15) is 0 Å². The van der Waals surface area contributed by atoms with Crippen molar-refractivity contribution in [2.75, 3.05) is 13.7 Å². The smallest absolute Gasteiger partial charge is 0.272 e. The molecule has 1 atom stereocenters. The van der Waals surface area contributed by atoms with E-state index in [0.29, 0.717) is 12.3 Å². The molecule has 0 fully saturated rings. The molecule has 102 valence electrons. The van der Waals surface area contributed by atoms with E-state index in [1.165, 1.54) is 4.88 Å². The van der Waals surface area contributed by atoms with E-state index in [0.717, 1.165) is 10.6 Å². The summed E-state index contributed by atoms with van der Waals surface area (Å²) in [6, 6.07) is 5.78. The van der Waals surface area contributed by atoms with Crippen LogP contribution in [0.3, 0.4) is 0 Å². The Balaban J connectivity index is 2.06. The Morgan fingerprint density at radius 3 is 3.00 bits per heavy atom. The third-order valence-corrected chi connectivity index (χ3v) is 3.64. The van der Waals surface area contributed by atoms with Crippen LogP contribution in [0.4, 0.5) is 0 Å². The van der Waals surface area contributed by atoms with Gasteiger partial charge in [-0.25, -0.2) is 0 Å². The number of methoxy groups -OCH3 is 1. The van der Waals surface area contributed by atoms with E-state index in [-0.39, 0.29) is 11.9 Å². The molecule has 0 unspecified atom stereocenters. The van der Waals surface area contributed by atoms with Crippen molar-refractivity contribution in [2.24, 2.45) is 0 Å². The third-order valence-electron chi connectivity index (χ3n) is 2.61. The topological polar surface area (TPSA) is 67.0 Å². The second kappa shape index (κ2) is 5.99. The maximum Gasteiger partial charge on any atom is 0.272 e. The van der Waals surface area contributed by atoms with E-state index in [1.807, 2.05) is 26.0 Å². The van der Waals surface area contributed by atoms with Crippen LogP contribution in [-0.2, 0) is 4.74 Å². The highest BCUT2D eigenvalue weighted by molar-refractivity contribution is 7.15. The summed E-state index contributed by atoms with van der Waals surface area (Å²) < 4.78 is 4.98. The maximum atomic E-state index is 11.9. The molecule has 0 radical (unpaired) electrons. The number of ether oxygens (including phenoxy) is 1. The zero-order valence-corrected chi connectivity index (χ0v) is 12.0.